The van der Waals surface area contributed by atoms with Crippen LogP contribution in [0.1, 0.15) is 43.6 Å². The quantitative estimate of drug-likeness (QED) is 0.865. The van der Waals surface area contributed by atoms with Gasteiger partial charge >= 0.3 is 0 Å². The van der Waals surface area contributed by atoms with E-state index in [1.54, 1.807) is 0 Å². The third-order valence-electron chi connectivity index (χ3n) is 4.61. The highest BCUT2D eigenvalue weighted by Crippen LogP contribution is 2.38. The zero-order chi connectivity index (χ0) is 14.9. The molecule has 1 aliphatic carbocycles. The molecule has 3 nitrogen and oxygen atoms in total. The third kappa shape index (κ3) is 3.34. The van der Waals surface area contributed by atoms with Crippen LogP contribution < -0.4 is 5.32 Å². The highest BCUT2D eigenvalue weighted by Gasteiger charge is 2.34. The van der Waals surface area contributed by atoms with Crippen molar-refractivity contribution in [1.29, 1.82) is 0 Å². The molecule has 1 heterocycles. The lowest BCUT2D eigenvalue weighted by atomic mass is 9.80. The smallest absolute Gasteiger partial charge is 0.188 e. The Hall–Kier alpha value is -0.610. The Balaban J connectivity index is 2.19. The number of hydrogen-bond acceptors (Lipinski definition) is 4. The van der Waals surface area contributed by atoms with Gasteiger partial charge in [-0.15, -0.1) is 0 Å². The molecule has 1 N–H and O–H groups in total. The molecule has 1 aromatic rings. The molecule has 20 heavy (non-hydrogen) atoms. The van der Waals surface area contributed by atoms with Gasteiger partial charge in [0.05, 0.1) is 0 Å². The third-order valence-corrected chi connectivity index (χ3v) is 6.07. The molecule has 1 aromatic heterocycles. The summed E-state index contributed by atoms with van der Waals surface area (Å²) >= 11 is 1.86. The molecule has 1 fully saturated rings. The first-order valence-electron chi connectivity index (χ1n) is 7.58. The number of aromatic nitrogens is 2. The number of thioether (sulfide) groups is 1. The number of hydrogen-bond donors (Lipinski definition) is 1. The fourth-order valence-corrected chi connectivity index (χ4v) is 4.60. The van der Waals surface area contributed by atoms with Gasteiger partial charge in [0.2, 0.25) is 0 Å². The predicted octanol–water partition coefficient (Wildman–Crippen LogP) is 3.52. The minimum Gasteiger partial charge on any atom is -0.316 e. The van der Waals surface area contributed by atoms with Gasteiger partial charge in [0, 0.05) is 22.7 Å². The summed E-state index contributed by atoms with van der Waals surface area (Å²) in [6.45, 7) is 11.0. The van der Waals surface area contributed by atoms with Gasteiger partial charge in [-0.3, -0.25) is 0 Å². The molecule has 0 aromatic carbocycles. The van der Waals surface area contributed by atoms with E-state index in [-0.39, 0.29) is 0 Å². The van der Waals surface area contributed by atoms with Gasteiger partial charge in [0.15, 0.2) is 5.16 Å². The van der Waals surface area contributed by atoms with Crippen molar-refractivity contribution >= 4 is 11.8 Å². The highest BCUT2D eigenvalue weighted by molar-refractivity contribution is 7.99. The van der Waals surface area contributed by atoms with Crippen molar-refractivity contribution in [2.75, 3.05) is 7.05 Å². The van der Waals surface area contributed by atoms with E-state index in [1.165, 1.54) is 18.4 Å². The van der Waals surface area contributed by atoms with Gasteiger partial charge in [-0.25, -0.2) is 9.97 Å². The average molecular weight is 293 g/mol. The Morgan fingerprint density at radius 3 is 2.20 bits per heavy atom. The summed E-state index contributed by atoms with van der Waals surface area (Å²) in [5.41, 5.74) is 3.43. The maximum Gasteiger partial charge on any atom is 0.188 e. The van der Waals surface area contributed by atoms with Crippen LogP contribution in [0.15, 0.2) is 5.16 Å². The van der Waals surface area contributed by atoms with Gasteiger partial charge < -0.3 is 5.32 Å². The number of nitrogens with one attached hydrogen (secondary N) is 1. The van der Waals surface area contributed by atoms with Gasteiger partial charge in [-0.1, -0.05) is 25.6 Å². The molecular weight excluding hydrogens is 266 g/mol. The highest BCUT2D eigenvalue weighted by atomic mass is 32.2. The average Bonchev–Trinajstić information content (AvgIpc) is 2.38. The molecule has 4 heteroatoms. The molecule has 0 spiro atoms. The van der Waals surface area contributed by atoms with Crippen LogP contribution in [0.2, 0.25) is 0 Å². The van der Waals surface area contributed by atoms with E-state index in [0.29, 0.717) is 17.2 Å². The molecule has 0 aliphatic heterocycles. The molecular formula is C16H27N3S. The first-order chi connectivity index (χ1) is 9.42. The molecule has 2 rings (SSSR count). The molecule has 1 aliphatic rings. The second kappa shape index (κ2) is 6.44. The van der Waals surface area contributed by atoms with Crippen molar-refractivity contribution in [3.63, 3.8) is 0 Å². The second-order valence-electron chi connectivity index (χ2n) is 6.33. The van der Waals surface area contributed by atoms with Crippen LogP contribution in [0.5, 0.6) is 0 Å². The van der Waals surface area contributed by atoms with E-state index in [2.05, 4.69) is 57.0 Å². The Kier molecular flexibility index (Phi) is 5.08. The van der Waals surface area contributed by atoms with E-state index in [0.717, 1.165) is 22.5 Å². The Bertz CT molecular complexity index is 452. The molecule has 0 radical (unpaired) electrons. The van der Waals surface area contributed by atoms with Crippen LogP contribution in [0, 0.1) is 32.6 Å². The van der Waals surface area contributed by atoms with Crippen molar-refractivity contribution in [2.45, 2.75) is 63.9 Å². The van der Waals surface area contributed by atoms with Crippen molar-refractivity contribution in [3.05, 3.63) is 17.0 Å². The first kappa shape index (κ1) is 15.8. The Labute approximate surface area is 127 Å². The summed E-state index contributed by atoms with van der Waals surface area (Å²) in [6, 6.07) is 0.560. The topological polar surface area (TPSA) is 37.8 Å². The van der Waals surface area contributed by atoms with Crippen molar-refractivity contribution in [3.8, 4) is 0 Å². The van der Waals surface area contributed by atoms with Crippen LogP contribution in [0.3, 0.4) is 0 Å². The van der Waals surface area contributed by atoms with E-state index in [9.17, 15) is 0 Å². The number of nitrogens with zero attached hydrogens (tertiary/aromatic N) is 2. The molecule has 112 valence electrons. The first-order valence-corrected chi connectivity index (χ1v) is 8.46. The van der Waals surface area contributed by atoms with Crippen LogP contribution in [0.25, 0.3) is 0 Å². The maximum absolute atomic E-state index is 4.67. The van der Waals surface area contributed by atoms with E-state index < -0.39 is 0 Å². The second-order valence-corrected chi connectivity index (χ2v) is 7.48. The number of aryl methyl sites for hydroxylation is 2. The SMILES string of the molecule is CNC1CC(C)CC(C)C1Sc1nc(C)c(C)c(C)n1. The zero-order valence-corrected chi connectivity index (χ0v) is 14.3. The minimum atomic E-state index is 0.560. The summed E-state index contributed by atoms with van der Waals surface area (Å²) in [7, 11) is 2.08. The fraction of sp³-hybridized carbons (Fsp3) is 0.750. The summed E-state index contributed by atoms with van der Waals surface area (Å²) in [6.07, 6.45) is 2.56. The molecule has 0 bridgehead atoms. The van der Waals surface area contributed by atoms with Crippen molar-refractivity contribution < 1.29 is 0 Å². The van der Waals surface area contributed by atoms with Crippen molar-refractivity contribution in [2.24, 2.45) is 11.8 Å². The molecule has 1 saturated carbocycles. The number of rotatable bonds is 3. The van der Waals surface area contributed by atoms with Crippen LogP contribution in [0.4, 0.5) is 0 Å². The molecule has 4 unspecified atom stereocenters. The minimum absolute atomic E-state index is 0.560. The summed E-state index contributed by atoms with van der Waals surface area (Å²) in [5.74, 6) is 1.51. The lowest BCUT2D eigenvalue weighted by Gasteiger charge is -2.38. The van der Waals surface area contributed by atoms with E-state index in [4.69, 9.17) is 0 Å². The normalized spacial score (nSPS) is 30.5. The van der Waals surface area contributed by atoms with E-state index >= 15 is 0 Å². The predicted molar refractivity (Wildman–Crippen MR) is 86.3 cm³/mol. The largest absolute Gasteiger partial charge is 0.316 e. The standard InChI is InChI=1S/C16H27N3S/c1-9-7-10(2)15(14(8-9)17-6)20-16-18-12(4)11(3)13(5)19-16/h9-10,14-15,17H,7-8H2,1-6H3. The Morgan fingerprint density at radius 2 is 1.65 bits per heavy atom. The fourth-order valence-electron chi connectivity index (χ4n) is 3.23. The van der Waals surface area contributed by atoms with Crippen molar-refractivity contribution in [1.82, 2.24) is 15.3 Å². The van der Waals surface area contributed by atoms with Crippen LogP contribution >= 0.6 is 11.8 Å². The van der Waals surface area contributed by atoms with Gasteiger partial charge in [0.1, 0.15) is 0 Å². The Morgan fingerprint density at radius 1 is 1.05 bits per heavy atom. The van der Waals surface area contributed by atoms with Gasteiger partial charge in [-0.2, -0.15) is 0 Å². The molecule has 0 amide bonds. The lowest BCUT2D eigenvalue weighted by molar-refractivity contribution is 0.256. The van der Waals surface area contributed by atoms with Gasteiger partial charge in [-0.05, 0) is 58.1 Å². The van der Waals surface area contributed by atoms with Gasteiger partial charge in [0.25, 0.3) is 0 Å². The summed E-state index contributed by atoms with van der Waals surface area (Å²) in [5, 5.41) is 5.01. The lowest BCUT2D eigenvalue weighted by Crippen LogP contribution is -2.44. The maximum atomic E-state index is 4.67. The molecule has 0 saturated heterocycles. The summed E-state index contributed by atoms with van der Waals surface area (Å²) < 4.78 is 0. The zero-order valence-electron chi connectivity index (χ0n) is 13.5. The van der Waals surface area contributed by atoms with E-state index in [1.807, 2.05) is 11.8 Å². The molecule has 4 atom stereocenters. The van der Waals surface area contributed by atoms with Crippen LogP contribution in [-0.2, 0) is 0 Å². The van der Waals surface area contributed by atoms with Crippen LogP contribution in [-0.4, -0.2) is 28.3 Å². The summed E-state index contributed by atoms with van der Waals surface area (Å²) in [4.78, 5) is 9.35. The monoisotopic (exact) mass is 293 g/mol.